The highest BCUT2D eigenvalue weighted by Crippen LogP contribution is 2.28. The van der Waals surface area contributed by atoms with Gasteiger partial charge in [-0.25, -0.2) is 0 Å². The molecular weight excluding hydrogens is 282 g/mol. The topological polar surface area (TPSA) is 69.4 Å². The Bertz CT molecular complexity index is 598. The minimum atomic E-state index is 0.224. The molecule has 0 bridgehead atoms. The van der Waals surface area contributed by atoms with E-state index < -0.39 is 0 Å². The standard InChI is InChI=1S/C16H23N3O3/c1-5-11(2)17-9-13-6-7-14(15(8-13)20-4)21-10-16-18-12(3)19-22-16/h6-8,11,17H,5,9-10H2,1-4H3/t11-/m0/s1. The molecule has 2 rings (SSSR count). The van der Waals surface area contributed by atoms with E-state index in [1.165, 1.54) is 0 Å². The van der Waals surface area contributed by atoms with Crippen LogP contribution < -0.4 is 14.8 Å². The van der Waals surface area contributed by atoms with Gasteiger partial charge in [-0.05, 0) is 38.0 Å². The number of hydrogen-bond acceptors (Lipinski definition) is 6. The summed E-state index contributed by atoms with van der Waals surface area (Å²) in [5.41, 5.74) is 1.15. The van der Waals surface area contributed by atoms with Crippen LogP contribution in [0.1, 0.15) is 37.5 Å². The second kappa shape index (κ2) is 7.79. The molecule has 2 aromatic rings. The van der Waals surface area contributed by atoms with Crippen LogP contribution in [0.2, 0.25) is 0 Å². The molecule has 1 aromatic heterocycles. The molecule has 0 radical (unpaired) electrons. The van der Waals surface area contributed by atoms with Crippen molar-refractivity contribution in [1.29, 1.82) is 0 Å². The van der Waals surface area contributed by atoms with Crippen LogP contribution in [0.4, 0.5) is 0 Å². The monoisotopic (exact) mass is 305 g/mol. The van der Waals surface area contributed by atoms with Crippen LogP contribution in [0.25, 0.3) is 0 Å². The highest BCUT2D eigenvalue weighted by atomic mass is 16.5. The summed E-state index contributed by atoms with van der Waals surface area (Å²) < 4.78 is 16.1. The number of aromatic nitrogens is 2. The zero-order valence-electron chi connectivity index (χ0n) is 13.5. The fourth-order valence-electron chi connectivity index (χ4n) is 1.92. The van der Waals surface area contributed by atoms with E-state index in [-0.39, 0.29) is 6.61 Å². The molecule has 6 heteroatoms. The number of ether oxygens (including phenoxy) is 2. The molecule has 6 nitrogen and oxygen atoms in total. The van der Waals surface area contributed by atoms with E-state index in [1.54, 1.807) is 14.0 Å². The lowest BCUT2D eigenvalue weighted by atomic mass is 10.1. The maximum absolute atomic E-state index is 5.69. The van der Waals surface area contributed by atoms with E-state index in [1.807, 2.05) is 18.2 Å². The Kier molecular flexibility index (Phi) is 5.77. The molecule has 22 heavy (non-hydrogen) atoms. The lowest BCUT2D eigenvalue weighted by Gasteiger charge is -2.14. The molecular formula is C16H23N3O3. The van der Waals surface area contributed by atoms with Gasteiger partial charge in [-0.3, -0.25) is 0 Å². The number of benzene rings is 1. The average Bonchev–Trinajstić information content (AvgIpc) is 2.96. The van der Waals surface area contributed by atoms with Crippen molar-refractivity contribution in [3.8, 4) is 11.5 Å². The Labute approximate surface area is 130 Å². The Morgan fingerprint density at radius 2 is 2.14 bits per heavy atom. The second-order valence-corrected chi connectivity index (χ2v) is 5.20. The molecule has 1 atom stereocenters. The van der Waals surface area contributed by atoms with Gasteiger partial charge in [-0.2, -0.15) is 4.98 Å². The van der Waals surface area contributed by atoms with Crippen LogP contribution in [0.3, 0.4) is 0 Å². The summed E-state index contributed by atoms with van der Waals surface area (Å²) in [6.45, 7) is 7.12. The van der Waals surface area contributed by atoms with Crippen molar-refractivity contribution in [2.24, 2.45) is 0 Å². The molecule has 0 saturated carbocycles. The van der Waals surface area contributed by atoms with Crippen LogP contribution in [0.5, 0.6) is 11.5 Å². The largest absolute Gasteiger partial charge is 0.493 e. The van der Waals surface area contributed by atoms with Crippen LogP contribution in [0.15, 0.2) is 22.7 Å². The van der Waals surface area contributed by atoms with Crippen LogP contribution in [0, 0.1) is 6.92 Å². The maximum Gasteiger partial charge on any atom is 0.264 e. The molecule has 0 aliphatic rings. The first-order valence-corrected chi connectivity index (χ1v) is 7.44. The zero-order valence-corrected chi connectivity index (χ0v) is 13.5. The van der Waals surface area contributed by atoms with Crippen molar-refractivity contribution in [1.82, 2.24) is 15.5 Å². The van der Waals surface area contributed by atoms with E-state index in [0.29, 0.717) is 29.3 Å². The highest BCUT2D eigenvalue weighted by Gasteiger charge is 2.09. The quantitative estimate of drug-likeness (QED) is 0.808. The molecule has 1 N–H and O–H groups in total. The first kappa shape index (κ1) is 16.3. The van der Waals surface area contributed by atoms with Crippen molar-refractivity contribution in [3.05, 3.63) is 35.5 Å². The third kappa shape index (κ3) is 4.46. The summed E-state index contributed by atoms with van der Waals surface area (Å²) in [6.07, 6.45) is 1.10. The van der Waals surface area contributed by atoms with Crippen molar-refractivity contribution >= 4 is 0 Å². The zero-order chi connectivity index (χ0) is 15.9. The highest BCUT2D eigenvalue weighted by molar-refractivity contribution is 5.43. The Morgan fingerprint density at radius 1 is 1.32 bits per heavy atom. The predicted octanol–water partition coefficient (Wildman–Crippen LogP) is 2.85. The fraction of sp³-hybridized carbons (Fsp3) is 0.500. The summed E-state index contributed by atoms with van der Waals surface area (Å²) >= 11 is 0. The number of nitrogens with one attached hydrogen (secondary N) is 1. The minimum Gasteiger partial charge on any atom is -0.493 e. The van der Waals surface area contributed by atoms with E-state index in [2.05, 4.69) is 29.3 Å². The van der Waals surface area contributed by atoms with Gasteiger partial charge in [0.05, 0.1) is 7.11 Å². The summed E-state index contributed by atoms with van der Waals surface area (Å²) in [5, 5.41) is 7.18. The number of methoxy groups -OCH3 is 1. The second-order valence-electron chi connectivity index (χ2n) is 5.20. The lowest BCUT2D eigenvalue weighted by Crippen LogP contribution is -2.24. The van der Waals surface area contributed by atoms with E-state index in [0.717, 1.165) is 18.5 Å². The third-order valence-electron chi connectivity index (χ3n) is 3.42. The van der Waals surface area contributed by atoms with E-state index in [9.17, 15) is 0 Å². The Balaban J connectivity index is 1.99. The molecule has 1 heterocycles. The molecule has 0 unspecified atom stereocenters. The SMILES string of the molecule is CC[C@H](C)NCc1ccc(OCc2nc(C)no2)c(OC)c1. The van der Waals surface area contributed by atoms with Crippen molar-refractivity contribution in [2.45, 2.75) is 46.4 Å². The first-order valence-electron chi connectivity index (χ1n) is 7.44. The molecule has 0 spiro atoms. The summed E-state index contributed by atoms with van der Waals surface area (Å²) in [6, 6.07) is 6.38. The Hall–Kier alpha value is -2.08. The van der Waals surface area contributed by atoms with Gasteiger partial charge in [-0.15, -0.1) is 0 Å². The number of hydrogen-bond donors (Lipinski definition) is 1. The number of nitrogens with zero attached hydrogens (tertiary/aromatic N) is 2. The van der Waals surface area contributed by atoms with Gasteiger partial charge in [0.1, 0.15) is 0 Å². The molecule has 0 aliphatic carbocycles. The molecule has 0 fully saturated rings. The maximum atomic E-state index is 5.69. The first-order chi connectivity index (χ1) is 10.6. The smallest absolute Gasteiger partial charge is 0.264 e. The van der Waals surface area contributed by atoms with Gasteiger partial charge in [0, 0.05) is 12.6 Å². The van der Waals surface area contributed by atoms with E-state index in [4.69, 9.17) is 14.0 Å². The minimum absolute atomic E-state index is 0.224. The molecule has 0 saturated heterocycles. The van der Waals surface area contributed by atoms with Crippen LogP contribution in [-0.4, -0.2) is 23.3 Å². The fourth-order valence-corrected chi connectivity index (χ4v) is 1.92. The normalized spacial score (nSPS) is 12.2. The third-order valence-corrected chi connectivity index (χ3v) is 3.42. The van der Waals surface area contributed by atoms with Crippen molar-refractivity contribution < 1.29 is 14.0 Å². The lowest BCUT2D eigenvalue weighted by molar-refractivity contribution is 0.233. The molecule has 120 valence electrons. The van der Waals surface area contributed by atoms with Crippen molar-refractivity contribution in [2.75, 3.05) is 7.11 Å². The van der Waals surface area contributed by atoms with Gasteiger partial charge < -0.3 is 19.3 Å². The van der Waals surface area contributed by atoms with E-state index >= 15 is 0 Å². The predicted molar refractivity (Wildman–Crippen MR) is 83.0 cm³/mol. The average molecular weight is 305 g/mol. The summed E-state index contributed by atoms with van der Waals surface area (Å²) in [7, 11) is 1.63. The Morgan fingerprint density at radius 3 is 2.77 bits per heavy atom. The van der Waals surface area contributed by atoms with Gasteiger partial charge in [0.2, 0.25) is 0 Å². The van der Waals surface area contributed by atoms with Crippen molar-refractivity contribution in [3.63, 3.8) is 0 Å². The van der Waals surface area contributed by atoms with Crippen LogP contribution in [-0.2, 0) is 13.2 Å². The number of aryl methyl sites for hydroxylation is 1. The molecule has 1 aromatic carbocycles. The van der Waals surface area contributed by atoms with Gasteiger partial charge in [-0.1, -0.05) is 18.1 Å². The van der Waals surface area contributed by atoms with Gasteiger partial charge in [0.15, 0.2) is 23.9 Å². The van der Waals surface area contributed by atoms with Crippen LogP contribution >= 0.6 is 0 Å². The number of rotatable bonds is 8. The summed E-state index contributed by atoms with van der Waals surface area (Å²) in [4.78, 5) is 4.10. The summed E-state index contributed by atoms with van der Waals surface area (Å²) in [5.74, 6) is 2.39. The van der Waals surface area contributed by atoms with Gasteiger partial charge >= 0.3 is 0 Å². The van der Waals surface area contributed by atoms with Gasteiger partial charge in [0.25, 0.3) is 5.89 Å². The molecule has 0 amide bonds. The molecule has 0 aliphatic heterocycles.